The van der Waals surface area contributed by atoms with Gasteiger partial charge in [0.05, 0.1) is 0 Å². The van der Waals surface area contributed by atoms with Crippen molar-refractivity contribution >= 4 is 5.91 Å². The molecule has 20 heavy (non-hydrogen) atoms. The van der Waals surface area contributed by atoms with E-state index in [1.807, 2.05) is 13.8 Å². The van der Waals surface area contributed by atoms with E-state index in [-0.39, 0.29) is 17.0 Å². The Morgan fingerprint density at radius 1 is 1.30 bits per heavy atom. The highest BCUT2D eigenvalue weighted by Crippen LogP contribution is 2.25. The van der Waals surface area contributed by atoms with Crippen molar-refractivity contribution in [3.05, 3.63) is 33.2 Å². The van der Waals surface area contributed by atoms with Gasteiger partial charge >= 0.3 is 0 Å². The second kappa shape index (κ2) is 6.25. The smallest absolute Gasteiger partial charge is 0.263 e. The van der Waals surface area contributed by atoms with Crippen molar-refractivity contribution in [3.63, 3.8) is 0 Å². The van der Waals surface area contributed by atoms with Crippen LogP contribution in [0.4, 0.5) is 0 Å². The van der Waals surface area contributed by atoms with Crippen LogP contribution < -0.4 is 10.9 Å². The van der Waals surface area contributed by atoms with Crippen molar-refractivity contribution < 1.29 is 4.79 Å². The number of carbonyl (C=O) groups is 1. The Morgan fingerprint density at radius 2 is 1.95 bits per heavy atom. The molecule has 1 aromatic heterocycles. The van der Waals surface area contributed by atoms with E-state index in [4.69, 9.17) is 0 Å². The molecule has 1 fully saturated rings. The van der Waals surface area contributed by atoms with Crippen LogP contribution in [-0.2, 0) is 6.54 Å². The van der Waals surface area contributed by atoms with Crippen LogP contribution in [0, 0.1) is 19.8 Å². The fourth-order valence-corrected chi connectivity index (χ4v) is 3.04. The fraction of sp³-hybridized carbons (Fsp3) is 0.625. The molecule has 1 aliphatic rings. The standard InChI is InChI=1S/C16H24N2O2/c1-11-9-14(15(19)17-3)16(20)18(12(11)2)10-13-7-5-4-6-8-13/h9,13H,4-8,10H2,1-3H3,(H,17,19). The fourth-order valence-electron chi connectivity index (χ4n) is 3.04. The lowest BCUT2D eigenvalue weighted by molar-refractivity contribution is 0.0960. The van der Waals surface area contributed by atoms with Crippen LogP contribution in [0.1, 0.15) is 53.7 Å². The molecular weight excluding hydrogens is 252 g/mol. The zero-order valence-corrected chi connectivity index (χ0v) is 12.7. The summed E-state index contributed by atoms with van der Waals surface area (Å²) >= 11 is 0. The van der Waals surface area contributed by atoms with Gasteiger partial charge in [-0.15, -0.1) is 0 Å². The first-order valence-corrected chi connectivity index (χ1v) is 7.47. The van der Waals surface area contributed by atoms with Crippen LogP contribution >= 0.6 is 0 Å². The van der Waals surface area contributed by atoms with Crippen molar-refractivity contribution in [1.29, 1.82) is 0 Å². The zero-order valence-electron chi connectivity index (χ0n) is 12.7. The molecule has 4 heteroatoms. The van der Waals surface area contributed by atoms with Gasteiger partial charge < -0.3 is 9.88 Å². The topological polar surface area (TPSA) is 51.1 Å². The minimum Gasteiger partial charge on any atom is -0.355 e. The van der Waals surface area contributed by atoms with Gasteiger partial charge in [0.25, 0.3) is 11.5 Å². The number of carbonyl (C=O) groups excluding carboxylic acids is 1. The van der Waals surface area contributed by atoms with E-state index in [9.17, 15) is 9.59 Å². The van der Waals surface area contributed by atoms with Crippen LogP contribution in [0.15, 0.2) is 10.9 Å². The average Bonchev–Trinajstić information content (AvgIpc) is 2.47. The van der Waals surface area contributed by atoms with Crippen molar-refractivity contribution in [1.82, 2.24) is 9.88 Å². The Kier molecular flexibility index (Phi) is 4.63. The summed E-state index contributed by atoms with van der Waals surface area (Å²) in [6, 6.07) is 1.70. The number of hydrogen-bond acceptors (Lipinski definition) is 2. The molecule has 4 nitrogen and oxygen atoms in total. The molecular formula is C16H24N2O2. The first kappa shape index (κ1) is 14.8. The Morgan fingerprint density at radius 3 is 2.55 bits per heavy atom. The number of aryl methyl sites for hydroxylation is 1. The highest BCUT2D eigenvalue weighted by Gasteiger charge is 2.19. The second-order valence-corrected chi connectivity index (χ2v) is 5.83. The minimum atomic E-state index is -0.296. The predicted molar refractivity (Wildman–Crippen MR) is 80.1 cm³/mol. The van der Waals surface area contributed by atoms with E-state index in [0.29, 0.717) is 5.92 Å². The summed E-state index contributed by atoms with van der Waals surface area (Å²) in [6.45, 7) is 4.67. The molecule has 0 spiro atoms. The van der Waals surface area contributed by atoms with Crippen molar-refractivity contribution in [2.75, 3.05) is 7.05 Å². The van der Waals surface area contributed by atoms with Crippen LogP contribution in [0.5, 0.6) is 0 Å². The molecule has 1 aromatic rings. The molecule has 1 N–H and O–H groups in total. The maximum atomic E-state index is 12.5. The number of nitrogens with one attached hydrogen (secondary N) is 1. The second-order valence-electron chi connectivity index (χ2n) is 5.83. The highest BCUT2D eigenvalue weighted by atomic mass is 16.2. The summed E-state index contributed by atoms with van der Waals surface area (Å²) in [7, 11) is 1.56. The van der Waals surface area contributed by atoms with E-state index >= 15 is 0 Å². The first-order valence-electron chi connectivity index (χ1n) is 7.47. The van der Waals surface area contributed by atoms with Gasteiger partial charge in [-0.05, 0) is 44.2 Å². The lowest BCUT2D eigenvalue weighted by atomic mass is 9.89. The van der Waals surface area contributed by atoms with Gasteiger partial charge in [-0.1, -0.05) is 19.3 Å². The van der Waals surface area contributed by atoms with Gasteiger partial charge in [0.2, 0.25) is 0 Å². The van der Waals surface area contributed by atoms with Crippen LogP contribution in [-0.4, -0.2) is 17.5 Å². The Labute approximate surface area is 120 Å². The molecule has 1 amide bonds. The third kappa shape index (κ3) is 2.94. The maximum absolute atomic E-state index is 12.5. The van der Waals surface area contributed by atoms with Crippen molar-refractivity contribution in [2.24, 2.45) is 5.92 Å². The molecule has 0 aromatic carbocycles. The van der Waals surface area contributed by atoms with Gasteiger partial charge in [0.1, 0.15) is 5.56 Å². The van der Waals surface area contributed by atoms with Crippen molar-refractivity contribution in [2.45, 2.75) is 52.5 Å². The van der Waals surface area contributed by atoms with Gasteiger partial charge in [0, 0.05) is 19.3 Å². The summed E-state index contributed by atoms with van der Waals surface area (Å²) in [6.07, 6.45) is 6.20. The van der Waals surface area contributed by atoms with Crippen molar-refractivity contribution in [3.8, 4) is 0 Å². The summed E-state index contributed by atoms with van der Waals surface area (Å²) < 4.78 is 1.80. The molecule has 2 rings (SSSR count). The first-order chi connectivity index (χ1) is 9.54. The molecule has 1 heterocycles. The Bertz CT molecular complexity index is 554. The third-order valence-electron chi connectivity index (χ3n) is 4.45. The summed E-state index contributed by atoms with van der Waals surface area (Å²) in [5, 5.41) is 2.55. The molecule has 0 saturated heterocycles. The zero-order chi connectivity index (χ0) is 14.7. The van der Waals surface area contributed by atoms with E-state index in [1.54, 1.807) is 17.7 Å². The van der Waals surface area contributed by atoms with E-state index in [0.717, 1.165) is 17.8 Å². The highest BCUT2D eigenvalue weighted by molar-refractivity contribution is 5.93. The van der Waals surface area contributed by atoms with Crippen LogP contribution in [0.3, 0.4) is 0 Å². The van der Waals surface area contributed by atoms with Gasteiger partial charge in [0.15, 0.2) is 0 Å². The number of amides is 1. The summed E-state index contributed by atoms with van der Waals surface area (Å²) in [4.78, 5) is 24.3. The number of pyridine rings is 1. The molecule has 0 unspecified atom stereocenters. The number of hydrogen-bond donors (Lipinski definition) is 1. The number of rotatable bonds is 3. The SMILES string of the molecule is CNC(=O)c1cc(C)c(C)n(CC2CCCCC2)c1=O. The summed E-state index contributed by atoms with van der Waals surface area (Å²) in [5.41, 5.74) is 2.08. The average molecular weight is 276 g/mol. The molecule has 0 atom stereocenters. The van der Waals surface area contributed by atoms with Crippen LogP contribution in [0.2, 0.25) is 0 Å². The van der Waals surface area contributed by atoms with E-state index in [1.165, 1.54) is 32.1 Å². The lowest BCUT2D eigenvalue weighted by Gasteiger charge is -2.24. The molecule has 0 radical (unpaired) electrons. The van der Waals surface area contributed by atoms with Gasteiger partial charge in [-0.25, -0.2) is 0 Å². The number of nitrogens with zero attached hydrogens (tertiary/aromatic N) is 1. The Hall–Kier alpha value is -1.58. The maximum Gasteiger partial charge on any atom is 0.263 e. The predicted octanol–water partition coefficient (Wildman–Crippen LogP) is 2.41. The normalized spacial score (nSPS) is 16.1. The molecule has 1 aliphatic carbocycles. The molecule has 0 aliphatic heterocycles. The van der Waals surface area contributed by atoms with E-state index < -0.39 is 0 Å². The lowest BCUT2D eigenvalue weighted by Crippen LogP contribution is -2.34. The van der Waals surface area contributed by atoms with E-state index in [2.05, 4.69) is 5.32 Å². The van der Waals surface area contributed by atoms with Gasteiger partial charge in [-0.2, -0.15) is 0 Å². The number of aromatic nitrogens is 1. The molecule has 110 valence electrons. The van der Waals surface area contributed by atoms with Crippen LogP contribution in [0.25, 0.3) is 0 Å². The minimum absolute atomic E-state index is 0.155. The third-order valence-corrected chi connectivity index (χ3v) is 4.45. The molecule has 0 bridgehead atoms. The summed E-state index contributed by atoms with van der Waals surface area (Å²) in [5.74, 6) is 0.273. The molecule has 1 saturated carbocycles. The monoisotopic (exact) mass is 276 g/mol. The Balaban J connectivity index is 2.37. The van der Waals surface area contributed by atoms with Gasteiger partial charge in [-0.3, -0.25) is 9.59 Å². The largest absolute Gasteiger partial charge is 0.355 e. The quantitative estimate of drug-likeness (QED) is 0.921.